The van der Waals surface area contributed by atoms with E-state index in [9.17, 15) is 9.59 Å². The summed E-state index contributed by atoms with van der Waals surface area (Å²) in [5, 5.41) is 3.93. The molecule has 0 fully saturated rings. The summed E-state index contributed by atoms with van der Waals surface area (Å²) in [5.74, 6) is -0.966. The molecule has 0 bridgehead atoms. The van der Waals surface area contributed by atoms with Gasteiger partial charge in [-0.1, -0.05) is 0 Å². The Labute approximate surface area is 116 Å². The Morgan fingerprint density at radius 1 is 1.11 bits per heavy atom. The number of rotatable bonds is 6. The number of hydrogen-bond acceptors (Lipinski definition) is 6. The molecule has 1 aromatic heterocycles. The summed E-state index contributed by atoms with van der Waals surface area (Å²) in [7, 11) is 0. The lowest BCUT2D eigenvalue weighted by molar-refractivity contribution is 0.0483. The molecule has 1 aromatic rings. The first-order valence-electron chi connectivity index (χ1n) is 6.28. The van der Waals surface area contributed by atoms with Gasteiger partial charge in [-0.3, -0.25) is 0 Å². The summed E-state index contributed by atoms with van der Waals surface area (Å²) in [6.45, 7) is 8.46. The van der Waals surface area contributed by atoms with Crippen molar-refractivity contribution in [3.8, 4) is 0 Å². The molecule has 1 rings (SSSR count). The standard InChI is InChI=1S/C13H19NO4S/c1-5-14-11-8(4)9(12(15)17-6-2)10(19-11)13(16)18-7-3/h14H,5-7H2,1-4H3. The Bertz CT molecular complexity index is 467. The molecule has 1 heterocycles. The van der Waals surface area contributed by atoms with Gasteiger partial charge in [-0.25, -0.2) is 9.59 Å². The van der Waals surface area contributed by atoms with E-state index in [0.717, 1.165) is 10.6 Å². The predicted octanol–water partition coefficient (Wildman–Crippen LogP) is 2.84. The molecule has 6 heteroatoms. The van der Waals surface area contributed by atoms with Crippen LogP contribution < -0.4 is 5.32 Å². The summed E-state index contributed by atoms with van der Waals surface area (Å²) in [4.78, 5) is 24.2. The Morgan fingerprint density at radius 3 is 2.21 bits per heavy atom. The Kier molecular flexibility index (Phi) is 5.82. The largest absolute Gasteiger partial charge is 0.462 e. The van der Waals surface area contributed by atoms with E-state index in [1.807, 2.05) is 6.92 Å². The van der Waals surface area contributed by atoms with Crippen molar-refractivity contribution in [1.82, 2.24) is 0 Å². The molecule has 5 nitrogen and oxygen atoms in total. The first-order chi connectivity index (χ1) is 9.06. The van der Waals surface area contributed by atoms with Gasteiger partial charge in [-0.15, -0.1) is 11.3 Å². The van der Waals surface area contributed by atoms with Crippen LogP contribution in [0.25, 0.3) is 0 Å². The Balaban J connectivity index is 3.22. The summed E-state index contributed by atoms with van der Waals surface area (Å²) >= 11 is 1.23. The first kappa shape index (κ1) is 15.5. The number of carbonyl (C=O) groups excluding carboxylic acids is 2. The molecule has 0 radical (unpaired) electrons. The highest BCUT2D eigenvalue weighted by Crippen LogP contribution is 2.33. The van der Waals surface area contributed by atoms with Crippen LogP contribution in [0.15, 0.2) is 0 Å². The molecule has 0 unspecified atom stereocenters. The number of carbonyl (C=O) groups is 2. The zero-order valence-electron chi connectivity index (χ0n) is 11.7. The van der Waals surface area contributed by atoms with Gasteiger partial charge in [0, 0.05) is 6.54 Å². The number of anilines is 1. The van der Waals surface area contributed by atoms with E-state index >= 15 is 0 Å². The third-order valence-electron chi connectivity index (χ3n) is 2.42. The van der Waals surface area contributed by atoms with Gasteiger partial charge >= 0.3 is 11.9 Å². The van der Waals surface area contributed by atoms with E-state index < -0.39 is 11.9 Å². The van der Waals surface area contributed by atoms with Gasteiger partial charge in [-0.05, 0) is 33.3 Å². The third-order valence-corrected chi connectivity index (χ3v) is 3.65. The fourth-order valence-electron chi connectivity index (χ4n) is 1.63. The number of esters is 2. The van der Waals surface area contributed by atoms with Crippen molar-refractivity contribution in [1.29, 1.82) is 0 Å². The van der Waals surface area contributed by atoms with E-state index in [0.29, 0.717) is 17.0 Å². The maximum atomic E-state index is 12.0. The minimum Gasteiger partial charge on any atom is -0.462 e. The van der Waals surface area contributed by atoms with E-state index in [2.05, 4.69) is 5.32 Å². The Hall–Kier alpha value is -1.56. The van der Waals surface area contributed by atoms with Crippen LogP contribution in [-0.4, -0.2) is 31.7 Å². The quantitative estimate of drug-likeness (QED) is 0.814. The molecule has 0 saturated heterocycles. The van der Waals surface area contributed by atoms with Gasteiger partial charge in [0.1, 0.15) is 4.88 Å². The normalized spacial score (nSPS) is 10.1. The van der Waals surface area contributed by atoms with Crippen molar-refractivity contribution in [2.75, 3.05) is 25.1 Å². The van der Waals surface area contributed by atoms with Crippen LogP contribution in [0.2, 0.25) is 0 Å². The zero-order chi connectivity index (χ0) is 14.4. The minimum atomic E-state index is -0.484. The molecule has 0 atom stereocenters. The molecule has 0 aliphatic heterocycles. The molecule has 0 saturated carbocycles. The van der Waals surface area contributed by atoms with Crippen molar-refractivity contribution in [2.45, 2.75) is 27.7 Å². The fraction of sp³-hybridized carbons (Fsp3) is 0.538. The number of nitrogens with one attached hydrogen (secondary N) is 1. The highest BCUT2D eigenvalue weighted by molar-refractivity contribution is 7.18. The second-order valence-corrected chi connectivity index (χ2v) is 4.75. The van der Waals surface area contributed by atoms with E-state index in [1.54, 1.807) is 20.8 Å². The second-order valence-electron chi connectivity index (χ2n) is 3.73. The van der Waals surface area contributed by atoms with Crippen molar-refractivity contribution in [3.63, 3.8) is 0 Å². The SMILES string of the molecule is CCNc1sc(C(=O)OCC)c(C(=O)OCC)c1C. The van der Waals surface area contributed by atoms with Gasteiger partial charge in [-0.2, -0.15) is 0 Å². The van der Waals surface area contributed by atoms with Gasteiger partial charge in [0.05, 0.1) is 23.8 Å². The summed E-state index contributed by atoms with van der Waals surface area (Å²) < 4.78 is 9.98. The number of ether oxygens (including phenoxy) is 2. The van der Waals surface area contributed by atoms with Crippen LogP contribution in [0.5, 0.6) is 0 Å². The topological polar surface area (TPSA) is 64.6 Å². The van der Waals surface area contributed by atoms with Gasteiger partial charge in [0.2, 0.25) is 0 Å². The highest BCUT2D eigenvalue weighted by atomic mass is 32.1. The lowest BCUT2D eigenvalue weighted by Gasteiger charge is -2.05. The molecule has 0 aliphatic rings. The van der Waals surface area contributed by atoms with Gasteiger partial charge in [0.15, 0.2) is 0 Å². The average molecular weight is 285 g/mol. The molecule has 0 spiro atoms. The lowest BCUT2D eigenvalue weighted by atomic mass is 10.1. The zero-order valence-corrected chi connectivity index (χ0v) is 12.5. The first-order valence-corrected chi connectivity index (χ1v) is 7.09. The summed E-state index contributed by atoms with van der Waals surface area (Å²) in [5.41, 5.74) is 1.04. The van der Waals surface area contributed by atoms with Crippen molar-refractivity contribution in [2.24, 2.45) is 0 Å². The predicted molar refractivity (Wildman–Crippen MR) is 75.1 cm³/mol. The van der Waals surface area contributed by atoms with Crippen LogP contribution in [0.4, 0.5) is 5.00 Å². The van der Waals surface area contributed by atoms with Gasteiger partial charge < -0.3 is 14.8 Å². The highest BCUT2D eigenvalue weighted by Gasteiger charge is 2.27. The van der Waals surface area contributed by atoms with E-state index in [-0.39, 0.29) is 13.2 Å². The van der Waals surface area contributed by atoms with Crippen LogP contribution in [0, 0.1) is 6.92 Å². The smallest absolute Gasteiger partial charge is 0.349 e. The maximum absolute atomic E-state index is 12.0. The minimum absolute atomic E-state index is 0.271. The number of thiophene rings is 1. The van der Waals surface area contributed by atoms with Crippen LogP contribution in [-0.2, 0) is 9.47 Å². The van der Waals surface area contributed by atoms with E-state index in [4.69, 9.17) is 9.47 Å². The fourth-order valence-corrected chi connectivity index (χ4v) is 2.79. The monoisotopic (exact) mass is 285 g/mol. The molecule has 0 aromatic carbocycles. The molecule has 0 aliphatic carbocycles. The maximum Gasteiger partial charge on any atom is 0.349 e. The average Bonchev–Trinajstić information content (AvgIpc) is 2.68. The van der Waals surface area contributed by atoms with Gasteiger partial charge in [0.25, 0.3) is 0 Å². The Morgan fingerprint density at radius 2 is 1.68 bits per heavy atom. The van der Waals surface area contributed by atoms with Crippen molar-refractivity contribution in [3.05, 3.63) is 16.0 Å². The molecule has 0 amide bonds. The van der Waals surface area contributed by atoms with Crippen LogP contribution in [0.3, 0.4) is 0 Å². The third kappa shape index (κ3) is 3.47. The molecule has 19 heavy (non-hydrogen) atoms. The van der Waals surface area contributed by atoms with E-state index in [1.165, 1.54) is 11.3 Å². The lowest BCUT2D eigenvalue weighted by Crippen LogP contribution is -2.12. The molecular formula is C13H19NO4S. The summed E-state index contributed by atoms with van der Waals surface area (Å²) in [6, 6.07) is 0. The van der Waals surface area contributed by atoms with Crippen LogP contribution >= 0.6 is 11.3 Å². The number of hydrogen-bond donors (Lipinski definition) is 1. The van der Waals surface area contributed by atoms with Crippen LogP contribution in [0.1, 0.15) is 46.4 Å². The van der Waals surface area contributed by atoms with Crippen molar-refractivity contribution >= 4 is 28.3 Å². The molecular weight excluding hydrogens is 266 g/mol. The second kappa shape index (κ2) is 7.13. The molecule has 106 valence electrons. The molecule has 1 N–H and O–H groups in total. The van der Waals surface area contributed by atoms with Crippen molar-refractivity contribution < 1.29 is 19.1 Å². The summed E-state index contributed by atoms with van der Waals surface area (Å²) in [6.07, 6.45) is 0.